The van der Waals surface area contributed by atoms with Gasteiger partial charge in [-0.1, -0.05) is 6.92 Å². The van der Waals surface area contributed by atoms with Gasteiger partial charge in [-0.05, 0) is 38.6 Å². The Labute approximate surface area is 119 Å². The van der Waals surface area contributed by atoms with Gasteiger partial charge in [0.05, 0.1) is 18.4 Å². The predicted molar refractivity (Wildman–Crippen MR) is 78.7 cm³/mol. The molecule has 20 heavy (non-hydrogen) atoms. The first-order chi connectivity index (χ1) is 9.60. The molecule has 1 saturated heterocycles. The number of hydrogen-bond acceptors (Lipinski definition) is 5. The molecule has 1 amide bonds. The average molecular weight is 278 g/mol. The summed E-state index contributed by atoms with van der Waals surface area (Å²) < 4.78 is 5.39. The van der Waals surface area contributed by atoms with Crippen LogP contribution in [0.4, 0.5) is 16.3 Å². The Bertz CT molecular complexity index is 449. The zero-order valence-electron chi connectivity index (χ0n) is 12.1. The molecular weight excluding hydrogens is 256 g/mol. The van der Waals surface area contributed by atoms with Crippen LogP contribution < -0.4 is 10.6 Å². The van der Waals surface area contributed by atoms with Crippen molar-refractivity contribution in [1.29, 1.82) is 0 Å². The first-order valence-corrected chi connectivity index (χ1v) is 6.98. The van der Waals surface area contributed by atoms with E-state index in [9.17, 15) is 4.79 Å². The van der Waals surface area contributed by atoms with Gasteiger partial charge in [0.25, 0.3) is 0 Å². The Hall–Kier alpha value is -1.82. The quantitative estimate of drug-likeness (QED) is 0.858. The Kier molecular flexibility index (Phi) is 4.79. The number of nitrogen functional groups attached to an aromatic ring is 1. The van der Waals surface area contributed by atoms with Crippen molar-refractivity contribution in [3.63, 3.8) is 0 Å². The van der Waals surface area contributed by atoms with Gasteiger partial charge in [-0.2, -0.15) is 0 Å². The minimum absolute atomic E-state index is 0.0561. The topological polar surface area (TPSA) is 71.7 Å². The molecule has 0 bridgehead atoms. The van der Waals surface area contributed by atoms with Gasteiger partial charge in [-0.25, -0.2) is 9.78 Å². The highest BCUT2D eigenvalue weighted by Gasteiger charge is 2.32. The lowest BCUT2D eigenvalue weighted by Gasteiger charge is -2.17. The van der Waals surface area contributed by atoms with E-state index >= 15 is 0 Å². The summed E-state index contributed by atoms with van der Waals surface area (Å²) in [5, 5.41) is 0. The number of pyridine rings is 1. The summed E-state index contributed by atoms with van der Waals surface area (Å²) in [7, 11) is 2.09. The van der Waals surface area contributed by atoms with Gasteiger partial charge in [0.2, 0.25) is 0 Å². The Morgan fingerprint density at radius 2 is 2.30 bits per heavy atom. The highest BCUT2D eigenvalue weighted by Crippen LogP contribution is 2.22. The Morgan fingerprint density at radius 3 is 2.95 bits per heavy atom. The molecule has 1 aliphatic heterocycles. The van der Waals surface area contributed by atoms with Crippen molar-refractivity contribution in [2.45, 2.75) is 25.9 Å². The number of nitrogens with zero attached hydrogens (tertiary/aromatic N) is 3. The van der Waals surface area contributed by atoms with Gasteiger partial charge in [-0.3, -0.25) is 4.90 Å². The third kappa shape index (κ3) is 3.60. The van der Waals surface area contributed by atoms with Gasteiger partial charge in [0.1, 0.15) is 11.9 Å². The van der Waals surface area contributed by atoms with Gasteiger partial charge < -0.3 is 15.4 Å². The van der Waals surface area contributed by atoms with E-state index < -0.39 is 0 Å². The van der Waals surface area contributed by atoms with Gasteiger partial charge >= 0.3 is 6.09 Å². The summed E-state index contributed by atoms with van der Waals surface area (Å²) >= 11 is 0. The molecule has 0 radical (unpaired) electrons. The maximum Gasteiger partial charge on any atom is 0.414 e. The fourth-order valence-corrected chi connectivity index (χ4v) is 2.30. The second kappa shape index (κ2) is 6.56. The number of rotatable bonds is 6. The summed E-state index contributed by atoms with van der Waals surface area (Å²) in [6, 6.07) is 3.47. The molecule has 2 N–H and O–H groups in total. The normalized spacial score (nSPS) is 18.6. The van der Waals surface area contributed by atoms with Crippen LogP contribution in [0.2, 0.25) is 0 Å². The molecule has 1 fully saturated rings. The zero-order valence-corrected chi connectivity index (χ0v) is 12.1. The molecule has 1 aromatic heterocycles. The van der Waals surface area contributed by atoms with Crippen LogP contribution in [0.25, 0.3) is 0 Å². The summed E-state index contributed by atoms with van der Waals surface area (Å²) in [6.45, 7) is 4.72. The molecular formula is C14H22N4O2. The number of cyclic esters (lactones) is 1. The van der Waals surface area contributed by atoms with E-state index in [0.29, 0.717) is 12.4 Å². The van der Waals surface area contributed by atoms with E-state index in [1.807, 2.05) is 0 Å². The standard InChI is InChI=1S/C14H22N4O2/c1-3-7-17(2)8-6-12-10-18(14(19)20-12)11-4-5-13(15)16-9-11/h4-5,9,12H,3,6-8,10H2,1-2H3,(H2,15,16). The number of carbonyl (C=O) groups excluding carboxylic acids is 1. The van der Waals surface area contributed by atoms with Gasteiger partial charge in [0.15, 0.2) is 0 Å². The van der Waals surface area contributed by atoms with Crippen molar-refractivity contribution >= 4 is 17.6 Å². The Balaban J connectivity index is 1.89. The fraction of sp³-hybridized carbons (Fsp3) is 0.571. The van der Waals surface area contributed by atoms with Crippen LogP contribution in [0.1, 0.15) is 19.8 Å². The summed E-state index contributed by atoms with van der Waals surface area (Å²) in [5.74, 6) is 0.444. The molecule has 1 atom stereocenters. The van der Waals surface area contributed by atoms with Crippen LogP contribution in [-0.4, -0.2) is 48.8 Å². The van der Waals surface area contributed by atoms with Crippen LogP contribution in [0.3, 0.4) is 0 Å². The molecule has 0 aromatic carbocycles. The predicted octanol–water partition coefficient (Wildman–Crippen LogP) is 1.72. The molecule has 1 aliphatic rings. The highest BCUT2D eigenvalue weighted by molar-refractivity contribution is 5.89. The van der Waals surface area contributed by atoms with Crippen LogP contribution in [0.5, 0.6) is 0 Å². The highest BCUT2D eigenvalue weighted by atomic mass is 16.6. The van der Waals surface area contributed by atoms with E-state index in [0.717, 1.165) is 31.6 Å². The van der Waals surface area contributed by atoms with E-state index in [4.69, 9.17) is 10.5 Å². The lowest BCUT2D eigenvalue weighted by Crippen LogP contribution is -2.27. The molecule has 2 heterocycles. The number of amides is 1. The monoisotopic (exact) mass is 278 g/mol. The molecule has 6 heteroatoms. The van der Waals surface area contributed by atoms with E-state index in [1.165, 1.54) is 0 Å². The number of carbonyl (C=O) groups is 1. The first kappa shape index (κ1) is 14.6. The SMILES string of the molecule is CCCN(C)CCC1CN(c2ccc(N)nc2)C(=O)O1. The molecule has 2 rings (SSSR count). The second-order valence-corrected chi connectivity index (χ2v) is 5.15. The molecule has 0 saturated carbocycles. The third-order valence-corrected chi connectivity index (χ3v) is 3.39. The number of anilines is 2. The zero-order chi connectivity index (χ0) is 14.5. The molecule has 0 aliphatic carbocycles. The summed E-state index contributed by atoms with van der Waals surface area (Å²) in [6.07, 6.45) is 3.21. The molecule has 0 spiro atoms. The van der Waals surface area contributed by atoms with Crippen molar-refractivity contribution in [3.8, 4) is 0 Å². The summed E-state index contributed by atoms with van der Waals surface area (Å²) in [5.41, 5.74) is 6.28. The van der Waals surface area contributed by atoms with Gasteiger partial charge in [0, 0.05) is 6.54 Å². The van der Waals surface area contributed by atoms with Crippen molar-refractivity contribution < 1.29 is 9.53 Å². The maximum atomic E-state index is 11.9. The maximum absolute atomic E-state index is 11.9. The smallest absolute Gasteiger partial charge is 0.414 e. The van der Waals surface area contributed by atoms with Crippen LogP contribution in [0.15, 0.2) is 18.3 Å². The largest absolute Gasteiger partial charge is 0.444 e. The molecule has 1 aromatic rings. The number of nitrogens with two attached hydrogens (primary N) is 1. The number of aromatic nitrogens is 1. The van der Waals surface area contributed by atoms with E-state index in [2.05, 4.69) is 23.9 Å². The number of hydrogen-bond donors (Lipinski definition) is 1. The molecule has 6 nitrogen and oxygen atoms in total. The van der Waals surface area contributed by atoms with Crippen molar-refractivity contribution in [3.05, 3.63) is 18.3 Å². The third-order valence-electron chi connectivity index (χ3n) is 3.39. The van der Waals surface area contributed by atoms with Crippen molar-refractivity contribution in [1.82, 2.24) is 9.88 Å². The minimum atomic E-state index is -0.306. The lowest BCUT2D eigenvalue weighted by atomic mass is 10.2. The second-order valence-electron chi connectivity index (χ2n) is 5.15. The van der Waals surface area contributed by atoms with Crippen LogP contribution in [-0.2, 0) is 4.74 Å². The van der Waals surface area contributed by atoms with Crippen LogP contribution in [0, 0.1) is 0 Å². The van der Waals surface area contributed by atoms with Crippen LogP contribution >= 0.6 is 0 Å². The Morgan fingerprint density at radius 1 is 1.50 bits per heavy atom. The van der Waals surface area contributed by atoms with Crippen molar-refractivity contribution in [2.24, 2.45) is 0 Å². The lowest BCUT2D eigenvalue weighted by molar-refractivity contribution is 0.129. The number of ether oxygens (including phenoxy) is 1. The average Bonchev–Trinajstić information content (AvgIpc) is 2.79. The van der Waals surface area contributed by atoms with E-state index in [-0.39, 0.29) is 12.2 Å². The first-order valence-electron chi connectivity index (χ1n) is 6.98. The minimum Gasteiger partial charge on any atom is -0.444 e. The van der Waals surface area contributed by atoms with E-state index in [1.54, 1.807) is 23.2 Å². The summed E-state index contributed by atoms with van der Waals surface area (Å²) in [4.78, 5) is 19.7. The molecule has 110 valence electrons. The molecule has 1 unspecified atom stereocenters. The fourth-order valence-electron chi connectivity index (χ4n) is 2.30. The van der Waals surface area contributed by atoms with Crippen molar-refractivity contribution in [2.75, 3.05) is 37.3 Å². The van der Waals surface area contributed by atoms with Gasteiger partial charge in [-0.15, -0.1) is 0 Å².